The van der Waals surface area contributed by atoms with E-state index >= 15 is 0 Å². The van der Waals surface area contributed by atoms with Gasteiger partial charge in [0.25, 0.3) is 0 Å². The lowest BCUT2D eigenvalue weighted by Gasteiger charge is -2.29. The maximum Gasteiger partial charge on any atom is 0.248 e. The summed E-state index contributed by atoms with van der Waals surface area (Å²) in [7, 11) is 0. The Labute approximate surface area is 86.5 Å². The van der Waals surface area contributed by atoms with E-state index in [0.29, 0.717) is 12.0 Å². The number of carbonyl (C=O) groups excluding carboxylic acids is 1. The summed E-state index contributed by atoms with van der Waals surface area (Å²) in [6.07, 6.45) is 2.51. The molecule has 0 atom stereocenters. The van der Waals surface area contributed by atoms with Gasteiger partial charge in [-0.05, 0) is 18.3 Å². The van der Waals surface area contributed by atoms with Gasteiger partial charge in [-0.2, -0.15) is 0 Å². The average Bonchev–Trinajstić information content (AvgIpc) is 2.90. The number of nitrogens with zero attached hydrogens (tertiary/aromatic N) is 1. The molecule has 3 nitrogen and oxygen atoms in total. The van der Waals surface area contributed by atoms with Crippen LogP contribution in [0.15, 0.2) is 0 Å². The van der Waals surface area contributed by atoms with Gasteiger partial charge in [0.1, 0.15) is 6.61 Å². The van der Waals surface area contributed by atoms with Crippen LogP contribution in [0.3, 0.4) is 0 Å². The molecule has 2 aliphatic rings. The molecule has 1 amide bonds. The number of alkyl halides is 1. The fourth-order valence-electron chi connectivity index (χ4n) is 1.63. The van der Waals surface area contributed by atoms with Crippen molar-refractivity contribution >= 4 is 21.8 Å². The molecule has 1 aliphatic heterocycles. The molecule has 74 valence electrons. The first kappa shape index (κ1) is 9.46. The molecular formula is C9H14BrNO2. The molecule has 0 N–H and O–H groups in total. The highest BCUT2D eigenvalue weighted by atomic mass is 79.9. The van der Waals surface area contributed by atoms with Crippen LogP contribution in [0.2, 0.25) is 0 Å². The molecule has 1 saturated carbocycles. The minimum atomic E-state index is 0.151. The first-order valence-electron chi connectivity index (χ1n) is 4.67. The standard InChI is InChI=1S/C9H14BrNO2/c10-6-9(1-2-9)7-11-3-4-13-5-8(11)12/h1-7H2. The number of rotatable bonds is 3. The van der Waals surface area contributed by atoms with Crippen molar-refractivity contribution in [3.8, 4) is 0 Å². The van der Waals surface area contributed by atoms with Crippen LogP contribution in [0.1, 0.15) is 12.8 Å². The molecule has 1 aliphatic carbocycles. The number of carbonyl (C=O) groups is 1. The minimum absolute atomic E-state index is 0.151. The molecule has 0 bridgehead atoms. The highest BCUT2D eigenvalue weighted by molar-refractivity contribution is 9.09. The van der Waals surface area contributed by atoms with E-state index in [-0.39, 0.29) is 12.5 Å². The summed E-state index contributed by atoms with van der Waals surface area (Å²) in [6, 6.07) is 0. The molecule has 13 heavy (non-hydrogen) atoms. The van der Waals surface area contributed by atoms with Gasteiger partial charge in [-0.15, -0.1) is 0 Å². The second kappa shape index (κ2) is 3.58. The topological polar surface area (TPSA) is 29.5 Å². The van der Waals surface area contributed by atoms with Gasteiger partial charge in [0, 0.05) is 18.4 Å². The molecule has 4 heteroatoms. The SMILES string of the molecule is O=C1COCCN1CC1(CBr)CC1. The van der Waals surface area contributed by atoms with Gasteiger partial charge in [-0.25, -0.2) is 0 Å². The minimum Gasteiger partial charge on any atom is -0.370 e. The summed E-state index contributed by atoms with van der Waals surface area (Å²) in [5, 5.41) is 1.02. The maximum absolute atomic E-state index is 11.4. The van der Waals surface area contributed by atoms with Gasteiger partial charge >= 0.3 is 0 Å². The zero-order valence-electron chi connectivity index (χ0n) is 7.59. The highest BCUT2D eigenvalue weighted by Gasteiger charge is 2.43. The summed E-state index contributed by atoms with van der Waals surface area (Å²) < 4.78 is 5.08. The molecule has 1 heterocycles. The normalized spacial score (nSPS) is 26.2. The van der Waals surface area contributed by atoms with Crippen LogP contribution < -0.4 is 0 Å². The second-order valence-corrected chi connectivity index (χ2v) is 4.56. The van der Waals surface area contributed by atoms with E-state index in [4.69, 9.17) is 4.74 Å². The van der Waals surface area contributed by atoms with Crippen LogP contribution in [0.4, 0.5) is 0 Å². The Morgan fingerprint density at radius 1 is 1.54 bits per heavy atom. The molecule has 2 fully saturated rings. The highest BCUT2D eigenvalue weighted by Crippen LogP contribution is 2.47. The Morgan fingerprint density at radius 2 is 2.31 bits per heavy atom. The number of halogens is 1. The van der Waals surface area contributed by atoms with Crippen molar-refractivity contribution < 1.29 is 9.53 Å². The molecule has 0 radical (unpaired) electrons. The van der Waals surface area contributed by atoms with E-state index in [2.05, 4.69) is 15.9 Å². The maximum atomic E-state index is 11.4. The van der Waals surface area contributed by atoms with Gasteiger partial charge in [-0.1, -0.05) is 15.9 Å². The number of amides is 1. The van der Waals surface area contributed by atoms with Gasteiger partial charge in [0.2, 0.25) is 5.91 Å². The van der Waals surface area contributed by atoms with E-state index in [1.807, 2.05) is 4.90 Å². The monoisotopic (exact) mass is 247 g/mol. The Hall–Kier alpha value is -0.0900. The van der Waals surface area contributed by atoms with Crippen molar-refractivity contribution in [3.05, 3.63) is 0 Å². The van der Waals surface area contributed by atoms with E-state index in [1.54, 1.807) is 0 Å². The first-order chi connectivity index (χ1) is 6.26. The predicted octanol–water partition coefficient (Wildman–Crippen LogP) is 1.02. The molecule has 1 saturated heterocycles. The second-order valence-electron chi connectivity index (χ2n) is 4.00. The Bertz CT molecular complexity index is 216. The van der Waals surface area contributed by atoms with Gasteiger partial charge in [-0.3, -0.25) is 4.79 Å². The third-order valence-electron chi connectivity index (χ3n) is 2.85. The lowest BCUT2D eigenvalue weighted by molar-refractivity contribution is -0.143. The van der Waals surface area contributed by atoms with E-state index < -0.39 is 0 Å². The third-order valence-corrected chi connectivity index (χ3v) is 4.04. The van der Waals surface area contributed by atoms with Crippen molar-refractivity contribution in [3.63, 3.8) is 0 Å². The molecule has 2 rings (SSSR count). The zero-order valence-corrected chi connectivity index (χ0v) is 9.18. The van der Waals surface area contributed by atoms with E-state index in [9.17, 15) is 4.79 Å². The van der Waals surface area contributed by atoms with Crippen LogP contribution in [0, 0.1) is 5.41 Å². The van der Waals surface area contributed by atoms with Gasteiger partial charge in [0.15, 0.2) is 0 Å². The molecule has 0 aromatic carbocycles. The van der Waals surface area contributed by atoms with Crippen LogP contribution in [0.25, 0.3) is 0 Å². The fourth-order valence-corrected chi connectivity index (χ4v) is 2.37. The third kappa shape index (κ3) is 2.05. The molecule has 0 spiro atoms. The summed E-state index contributed by atoms with van der Waals surface area (Å²) in [4.78, 5) is 13.3. The lowest BCUT2D eigenvalue weighted by atomic mass is 10.1. The van der Waals surface area contributed by atoms with Crippen molar-refractivity contribution in [2.45, 2.75) is 12.8 Å². The van der Waals surface area contributed by atoms with Gasteiger partial charge in [0.05, 0.1) is 6.61 Å². The molecule has 0 aromatic rings. The van der Waals surface area contributed by atoms with Crippen molar-refractivity contribution in [1.82, 2.24) is 4.90 Å². The average molecular weight is 248 g/mol. The van der Waals surface area contributed by atoms with Crippen LogP contribution >= 0.6 is 15.9 Å². The predicted molar refractivity (Wildman–Crippen MR) is 52.9 cm³/mol. The molecule has 0 aromatic heterocycles. The van der Waals surface area contributed by atoms with Crippen LogP contribution in [-0.2, 0) is 9.53 Å². The summed E-state index contributed by atoms with van der Waals surface area (Å²) in [6.45, 7) is 2.66. The van der Waals surface area contributed by atoms with E-state index in [1.165, 1.54) is 12.8 Å². The largest absolute Gasteiger partial charge is 0.370 e. The molecular weight excluding hydrogens is 234 g/mol. The first-order valence-corrected chi connectivity index (χ1v) is 5.79. The molecule has 0 unspecified atom stereocenters. The van der Waals surface area contributed by atoms with Crippen LogP contribution in [0.5, 0.6) is 0 Å². The quantitative estimate of drug-likeness (QED) is 0.698. The van der Waals surface area contributed by atoms with E-state index in [0.717, 1.165) is 18.4 Å². The van der Waals surface area contributed by atoms with Crippen molar-refractivity contribution in [2.75, 3.05) is 31.6 Å². The smallest absolute Gasteiger partial charge is 0.248 e. The Morgan fingerprint density at radius 3 is 2.85 bits per heavy atom. The number of morpholine rings is 1. The van der Waals surface area contributed by atoms with Crippen molar-refractivity contribution in [1.29, 1.82) is 0 Å². The summed E-state index contributed by atoms with van der Waals surface area (Å²) >= 11 is 3.51. The number of hydrogen-bond acceptors (Lipinski definition) is 2. The van der Waals surface area contributed by atoms with Gasteiger partial charge < -0.3 is 9.64 Å². The lowest BCUT2D eigenvalue weighted by Crippen LogP contribution is -2.44. The Balaban J connectivity index is 1.89. The number of hydrogen-bond donors (Lipinski definition) is 0. The fraction of sp³-hybridized carbons (Fsp3) is 0.889. The zero-order chi connectivity index (χ0) is 9.31. The van der Waals surface area contributed by atoms with Crippen LogP contribution in [-0.4, -0.2) is 42.4 Å². The van der Waals surface area contributed by atoms with Crippen molar-refractivity contribution in [2.24, 2.45) is 5.41 Å². The Kier molecular flexibility index (Phi) is 2.60. The number of ether oxygens (including phenoxy) is 1. The summed E-state index contributed by atoms with van der Waals surface area (Å²) in [5.41, 5.74) is 0.396. The summed E-state index contributed by atoms with van der Waals surface area (Å²) in [5.74, 6) is 0.151.